The topological polar surface area (TPSA) is 118 Å². The molecule has 1 aromatic rings. The zero-order valence-electron chi connectivity index (χ0n) is 12.3. The molecule has 0 fully saturated rings. The number of aryl methyl sites for hydroxylation is 1. The van der Waals surface area contributed by atoms with Crippen molar-refractivity contribution < 1.29 is 25.6 Å². The van der Waals surface area contributed by atoms with Crippen LogP contribution >= 0.6 is 12.4 Å². The van der Waals surface area contributed by atoms with Crippen LogP contribution in [-0.2, 0) is 20.0 Å². The Labute approximate surface area is 140 Å². The summed E-state index contributed by atoms with van der Waals surface area (Å²) in [6, 6.07) is 3.21. The summed E-state index contributed by atoms with van der Waals surface area (Å²) in [5, 5.41) is 0. The van der Waals surface area contributed by atoms with Crippen LogP contribution < -0.4 is 15.2 Å². The normalized spacial score (nSPS) is 12.7. The van der Waals surface area contributed by atoms with E-state index < -0.39 is 39.1 Å². The first-order chi connectivity index (χ1) is 9.95. The van der Waals surface area contributed by atoms with Gasteiger partial charge in [0.1, 0.15) is 0 Å². The van der Waals surface area contributed by atoms with Gasteiger partial charge in [0.2, 0.25) is 20.0 Å². The van der Waals surface area contributed by atoms with Crippen LogP contribution in [0.1, 0.15) is 5.56 Å². The first kappa shape index (κ1) is 22.1. The van der Waals surface area contributed by atoms with Crippen LogP contribution in [0, 0.1) is 6.92 Å². The average Bonchev–Trinajstić information content (AvgIpc) is 2.45. The third kappa shape index (κ3) is 5.62. The Kier molecular flexibility index (Phi) is 7.53. The minimum atomic E-state index is -4.20. The van der Waals surface area contributed by atoms with Gasteiger partial charge in [0.25, 0.3) is 5.92 Å². The van der Waals surface area contributed by atoms with Crippen LogP contribution in [0.4, 0.5) is 8.78 Å². The molecule has 0 saturated heterocycles. The highest BCUT2D eigenvalue weighted by atomic mass is 35.5. The quantitative estimate of drug-likeness (QED) is 0.611. The first-order valence-electron chi connectivity index (χ1n) is 6.07. The summed E-state index contributed by atoms with van der Waals surface area (Å²) in [6.07, 6.45) is 0. The van der Waals surface area contributed by atoms with Gasteiger partial charge in [-0.15, -0.1) is 12.4 Å². The van der Waals surface area contributed by atoms with E-state index in [9.17, 15) is 25.6 Å². The lowest BCUT2D eigenvalue weighted by Crippen LogP contribution is -2.41. The monoisotopic (exact) mass is 393 g/mol. The van der Waals surface area contributed by atoms with Crippen molar-refractivity contribution in [2.75, 3.05) is 20.1 Å². The molecule has 0 bridgehead atoms. The predicted molar refractivity (Wildman–Crippen MR) is 83.9 cm³/mol. The van der Waals surface area contributed by atoms with Crippen LogP contribution in [0.15, 0.2) is 28.0 Å². The summed E-state index contributed by atoms with van der Waals surface area (Å²) in [5.74, 6) is -3.36. The van der Waals surface area contributed by atoms with Gasteiger partial charge in [-0.05, 0) is 37.7 Å². The molecule has 0 saturated carbocycles. The number of benzene rings is 1. The zero-order valence-corrected chi connectivity index (χ0v) is 14.8. The van der Waals surface area contributed by atoms with Gasteiger partial charge in [-0.3, -0.25) is 0 Å². The molecule has 1 rings (SSSR count). The predicted octanol–water partition coefficient (Wildman–Crippen LogP) is 0.197. The maximum atomic E-state index is 13.0. The molecule has 4 N–H and O–H groups in total. The van der Waals surface area contributed by atoms with Crippen LogP contribution in [0.5, 0.6) is 0 Å². The molecule has 1 aromatic carbocycles. The van der Waals surface area contributed by atoms with Crippen molar-refractivity contribution >= 4 is 32.5 Å². The highest BCUT2D eigenvalue weighted by Crippen LogP contribution is 2.20. The van der Waals surface area contributed by atoms with Crippen molar-refractivity contribution in [2.45, 2.75) is 22.6 Å². The second-order valence-corrected chi connectivity index (χ2v) is 8.14. The third-order valence-corrected chi connectivity index (χ3v) is 5.81. The number of rotatable bonds is 7. The van der Waals surface area contributed by atoms with Crippen molar-refractivity contribution in [3.63, 3.8) is 0 Å². The number of nitrogens with two attached hydrogens (primary N) is 1. The summed E-state index contributed by atoms with van der Waals surface area (Å²) in [6.45, 7) is -0.729. The molecule has 0 spiro atoms. The van der Waals surface area contributed by atoms with E-state index in [-0.39, 0.29) is 27.8 Å². The van der Waals surface area contributed by atoms with Gasteiger partial charge in [-0.25, -0.2) is 35.1 Å². The fraction of sp³-hybridized carbons (Fsp3) is 0.455. The van der Waals surface area contributed by atoms with Crippen LogP contribution in [-0.4, -0.2) is 42.9 Å². The molecule has 134 valence electrons. The Balaban J connectivity index is 0.00000484. The molecule has 0 atom stereocenters. The van der Waals surface area contributed by atoms with Gasteiger partial charge in [-0.1, -0.05) is 0 Å². The summed E-state index contributed by atoms with van der Waals surface area (Å²) in [4.78, 5) is -0.408. The molecule has 0 heterocycles. The van der Waals surface area contributed by atoms with Crippen molar-refractivity contribution in [1.82, 2.24) is 9.44 Å². The lowest BCUT2D eigenvalue weighted by atomic mass is 10.2. The molecule has 12 heteroatoms. The molecular formula is C11H18ClF2N3O4S2. The van der Waals surface area contributed by atoms with Crippen molar-refractivity contribution in [3.05, 3.63) is 23.8 Å². The Bertz CT molecular complexity index is 755. The second-order valence-electron chi connectivity index (χ2n) is 4.52. The Morgan fingerprint density at radius 2 is 1.74 bits per heavy atom. The Hall–Kier alpha value is -0.850. The van der Waals surface area contributed by atoms with E-state index in [0.29, 0.717) is 0 Å². The lowest BCUT2D eigenvalue weighted by molar-refractivity contribution is 0.0170. The lowest BCUT2D eigenvalue weighted by Gasteiger charge is -2.15. The molecule has 0 amide bonds. The highest BCUT2D eigenvalue weighted by Gasteiger charge is 2.29. The number of hydrogen-bond donors (Lipinski definition) is 3. The summed E-state index contributed by atoms with van der Waals surface area (Å²) < 4.78 is 77.1. The molecule has 0 aliphatic rings. The van der Waals surface area contributed by atoms with Gasteiger partial charge in [0, 0.05) is 0 Å². The molecule has 7 nitrogen and oxygen atoms in total. The highest BCUT2D eigenvalue weighted by molar-refractivity contribution is 7.90. The van der Waals surface area contributed by atoms with E-state index in [2.05, 4.69) is 4.72 Å². The summed E-state index contributed by atoms with van der Waals surface area (Å²) in [7, 11) is -6.71. The molecule has 0 unspecified atom stereocenters. The van der Waals surface area contributed by atoms with E-state index in [1.54, 1.807) is 4.72 Å². The van der Waals surface area contributed by atoms with E-state index in [0.717, 1.165) is 18.2 Å². The van der Waals surface area contributed by atoms with Crippen molar-refractivity contribution in [1.29, 1.82) is 0 Å². The largest absolute Gasteiger partial charge is 0.325 e. The van der Waals surface area contributed by atoms with Crippen molar-refractivity contribution in [3.8, 4) is 0 Å². The molecular weight excluding hydrogens is 376 g/mol. The first-order valence-corrected chi connectivity index (χ1v) is 9.03. The second kappa shape index (κ2) is 7.81. The van der Waals surface area contributed by atoms with Crippen LogP contribution in [0.2, 0.25) is 0 Å². The molecule has 0 radical (unpaired) electrons. The summed E-state index contributed by atoms with van der Waals surface area (Å²) in [5.41, 5.74) is 4.99. The van der Waals surface area contributed by atoms with E-state index >= 15 is 0 Å². The van der Waals surface area contributed by atoms with Crippen molar-refractivity contribution in [2.24, 2.45) is 5.73 Å². The van der Waals surface area contributed by atoms with E-state index in [1.807, 2.05) is 0 Å². The summed E-state index contributed by atoms with van der Waals surface area (Å²) >= 11 is 0. The van der Waals surface area contributed by atoms with Gasteiger partial charge in [0.05, 0.1) is 22.9 Å². The molecule has 0 aromatic heterocycles. The zero-order chi connectivity index (χ0) is 17.2. The van der Waals surface area contributed by atoms with Crippen LogP contribution in [0.3, 0.4) is 0 Å². The molecule has 0 aliphatic carbocycles. The number of halogens is 3. The maximum Gasteiger partial charge on any atom is 0.273 e. The number of nitrogens with one attached hydrogen (secondary N) is 2. The minimum absolute atomic E-state index is 0. The van der Waals surface area contributed by atoms with Crippen LogP contribution in [0.25, 0.3) is 0 Å². The Morgan fingerprint density at radius 3 is 2.17 bits per heavy atom. The van der Waals surface area contributed by atoms with Gasteiger partial charge >= 0.3 is 0 Å². The Morgan fingerprint density at radius 1 is 1.17 bits per heavy atom. The SMILES string of the molecule is CNS(=O)(=O)c1ccc(S(=O)(=O)NCC(F)(F)CN)cc1C.Cl. The third-order valence-electron chi connectivity index (χ3n) is 2.83. The fourth-order valence-corrected chi connectivity index (χ4v) is 3.65. The van der Waals surface area contributed by atoms with E-state index in [1.165, 1.54) is 14.0 Å². The van der Waals surface area contributed by atoms with Gasteiger partial charge in [-0.2, -0.15) is 0 Å². The fourth-order valence-electron chi connectivity index (χ4n) is 1.56. The number of alkyl halides is 2. The standard InChI is InChI=1S/C11H17F2N3O4S2.ClH/c1-8-5-9(3-4-10(8)22(19,20)15-2)21(17,18)16-7-11(12,13)6-14;/h3-5,15-16H,6-7,14H2,1-2H3;1H. The van der Waals surface area contributed by atoms with Gasteiger partial charge < -0.3 is 5.73 Å². The van der Waals surface area contributed by atoms with E-state index in [4.69, 9.17) is 5.73 Å². The number of sulfonamides is 2. The maximum absolute atomic E-state index is 13.0. The smallest absolute Gasteiger partial charge is 0.273 e. The molecule has 23 heavy (non-hydrogen) atoms. The minimum Gasteiger partial charge on any atom is -0.325 e. The average molecular weight is 394 g/mol. The number of hydrogen-bond acceptors (Lipinski definition) is 5. The molecule has 0 aliphatic heterocycles. The van der Waals surface area contributed by atoms with Gasteiger partial charge in [0.15, 0.2) is 0 Å².